The van der Waals surface area contributed by atoms with Gasteiger partial charge in [0, 0.05) is 65.1 Å². The van der Waals surface area contributed by atoms with Gasteiger partial charge in [0.1, 0.15) is 6.54 Å². The predicted octanol–water partition coefficient (Wildman–Crippen LogP) is 2.48. The summed E-state index contributed by atoms with van der Waals surface area (Å²) in [6.45, 7) is 10.7. The van der Waals surface area contributed by atoms with Crippen LogP contribution >= 0.6 is 24.0 Å². The van der Waals surface area contributed by atoms with Crippen LogP contribution in [0.1, 0.15) is 27.2 Å². The Labute approximate surface area is 205 Å². The number of halogens is 1. The average Bonchev–Trinajstić information content (AvgIpc) is 3.09. The molecule has 31 heavy (non-hydrogen) atoms. The Balaban J connectivity index is 0.00000480. The summed E-state index contributed by atoms with van der Waals surface area (Å²) >= 11 is 0. The molecule has 1 saturated heterocycles. The van der Waals surface area contributed by atoms with Crippen LogP contribution in [0.15, 0.2) is 35.3 Å². The topological polar surface area (TPSA) is 63.2 Å². The van der Waals surface area contributed by atoms with Crippen LogP contribution in [0.2, 0.25) is 0 Å². The Morgan fingerprint density at radius 2 is 1.87 bits per heavy atom. The molecule has 0 radical (unpaired) electrons. The molecule has 1 heterocycles. The summed E-state index contributed by atoms with van der Waals surface area (Å²) in [5.74, 6) is 1.27. The van der Waals surface area contributed by atoms with Crippen molar-refractivity contribution in [2.24, 2.45) is 10.9 Å². The van der Waals surface area contributed by atoms with Gasteiger partial charge in [-0.3, -0.25) is 9.69 Å². The summed E-state index contributed by atoms with van der Waals surface area (Å²) in [7, 11) is 5.63. The summed E-state index contributed by atoms with van der Waals surface area (Å²) in [4.78, 5) is 22.9. The average molecular weight is 545 g/mol. The van der Waals surface area contributed by atoms with Crippen LogP contribution in [0.5, 0.6) is 0 Å². The van der Waals surface area contributed by atoms with Crippen molar-refractivity contribution in [1.29, 1.82) is 0 Å². The summed E-state index contributed by atoms with van der Waals surface area (Å²) in [5.41, 5.74) is 1.22. The zero-order chi connectivity index (χ0) is 22.1. The zero-order valence-corrected chi connectivity index (χ0v) is 22.3. The molecule has 0 spiro atoms. The van der Waals surface area contributed by atoms with Gasteiger partial charge < -0.3 is 20.4 Å². The molecule has 1 aromatic carbocycles. The van der Waals surface area contributed by atoms with Crippen LogP contribution in [0, 0.1) is 5.92 Å². The van der Waals surface area contributed by atoms with Crippen LogP contribution in [0.25, 0.3) is 0 Å². The summed E-state index contributed by atoms with van der Waals surface area (Å²) in [6, 6.07) is 11.3. The lowest BCUT2D eigenvalue weighted by Gasteiger charge is -2.23. The Morgan fingerprint density at radius 3 is 2.45 bits per heavy atom. The summed E-state index contributed by atoms with van der Waals surface area (Å²) in [5, 5.41) is 7.01. The fraction of sp³-hybridized carbons (Fsp3) is 0.652. The second kappa shape index (κ2) is 13.8. The quantitative estimate of drug-likeness (QED) is 0.217. The number of likely N-dealkylation sites (N-methyl/N-ethyl adjacent to an activating group) is 1. The maximum atomic E-state index is 12.0. The van der Waals surface area contributed by atoms with Crippen molar-refractivity contribution < 1.29 is 4.79 Å². The number of hydrogen-bond donors (Lipinski definition) is 2. The lowest BCUT2D eigenvalue weighted by Crippen LogP contribution is -2.47. The van der Waals surface area contributed by atoms with Gasteiger partial charge in [0.2, 0.25) is 5.91 Å². The highest BCUT2D eigenvalue weighted by Gasteiger charge is 2.31. The van der Waals surface area contributed by atoms with Gasteiger partial charge in [-0.25, -0.2) is 4.99 Å². The van der Waals surface area contributed by atoms with Gasteiger partial charge in [-0.15, -0.1) is 24.0 Å². The van der Waals surface area contributed by atoms with Crippen molar-refractivity contribution in [1.82, 2.24) is 20.4 Å². The van der Waals surface area contributed by atoms with Crippen LogP contribution in [-0.4, -0.2) is 87.6 Å². The Kier molecular flexibility index (Phi) is 12.2. The van der Waals surface area contributed by atoms with Gasteiger partial charge in [-0.1, -0.05) is 25.1 Å². The first kappa shape index (κ1) is 27.5. The molecule has 2 rings (SSSR count). The molecule has 2 unspecified atom stereocenters. The predicted molar refractivity (Wildman–Crippen MR) is 142 cm³/mol. The number of anilines is 1. The molecule has 7 nitrogen and oxygen atoms in total. The van der Waals surface area contributed by atoms with Crippen molar-refractivity contribution >= 4 is 41.5 Å². The third kappa shape index (κ3) is 9.22. The standard InChI is InChI=1S/C23H40N6O.HI/c1-18(2)29-16-19(3)21(17-29)26-23(25-15-22(30)27(4)5)24-13-10-14-28(6)20-11-8-7-9-12-20;/h7-9,11-12,18-19,21H,10,13-17H2,1-6H3,(H2,24,25,26);1H. The fourth-order valence-electron chi connectivity index (χ4n) is 3.56. The molecule has 0 bridgehead atoms. The Bertz CT molecular complexity index is 682. The molecule has 0 aromatic heterocycles. The van der Waals surface area contributed by atoms with E-state index in [1.54, 1.807) is 19.0 Å². The van der Waals surface area contributed by atoms with Crippen LogP contribution in [0.3, 0.4) is 0 Å². The second-order valence-electron chi connectivity index (χ2n) is 8.77. The minimum Gasteiger partial charge on any atom is -0.375 e. The van der Waals surface area contributed by atoms with E-state index in [0.717, 1.165) is 38.6 Å². The van der Waals surface area contributed by atoms with Crippen LogP contribution in [-0.2, 0) is 4.79 Å². The van der Waals surface area contributed by atoms with Crippen molar-refractivity contribution in [2.45, 2.75) is 39.3 Å². The molecule has 8 heteroatoms. The van der Waals surface area contributed by atoms with E-state index >= 15 is 0 Å². The van der Waals surface area contributed by atoms with Gasteiger partial charge >= 0.3 is 0 Å². The third-order valence-corrected chi connectivity index (χ3v) is 5.72. The number of aliphatic imine (C=N–C) groups is 1. The smallest absolute Gasteiger partial charge is 0.243 e. The van der Waals surface area contributed by atoms with Gasteiger partial charge in [0.05, 0.1) is 0 Å². The van der Waals surface area contributed by atoms with E-state index in [1.807, 2.05) is 6.07 Å². The molecule has 1 amide bonds. The van der Waals surface area contributed by atoms with Crippen LogP contribution in [0.4, 0.5) is 5.69 Å². The molecular weight excluding hydrogens is 503 g/mol. The molecule has 1 aromatic rings. The van der Waals surface area contributed by atoms with E-state index in [2.05, 4.69) is 77.5 Å². The Morgan fingerprint density at radius 1 is 1.19 bits per heavy atom. The van der Waals surface area contributed by atoms with Gasteiger partial charge in [-0.05, 0) is 38.3 Å². The molecule has 176 valence electrons. The third-order valence-electron chi connectivity index (χ3n) is 5.72. The van der Waals surface area contributed by atoms with E-state index in [9.17, 15) is 4.79 Å². The maximum Gasteiger partial charge on any atom is 0.243 e. The molecule has 2 N–H and O–H groups in total. The van der Waals surface area contributed by atoms with E-state index in [4.69, 9.17) is 0 Å². The summed E-state index contributed by atoms with van der Waals surface area (Å²) in [6.07, 6.45) is 0.978. The fourth-order valence-corrected chi connectivity index (χ4v) is 3.56. The van der Waals surface area contributed by atoms with Gasteiger partial charge in [-0.2, -0.15) is 0 Å². The first-order valence-electron chi connectivity index (χ1n) is 11.0. The monoisotopic (exact) mass is 544 g/mol. The highest BCUT2D eigenvalue weighted by molar-refractivity contribution is 14.0. The van der Waals surface area contributed by atoms with E-state index < -0.39 is 0 Å². The van der Waals surface area contributed by atoms with Gasteiger partial charge in [0.25, 0.3) is 0 Å². The van der Waals surface area contributed by atoms with E-state index in [0.29, 0.717) is 18.0 Å². The van der Waals surface area contributed by atoms with Gasteiger partial charge in [0.15, 0.2) is 5.96 Å². The lowest BCUT2D eigenvalue weighted by molar-refractivity contribution is -0.127. The van der Waals surface area contributed by atoms with E-state index in [1.165, 1.54) is 5.69 Å². The van der Waals surface area contributed by atoms with Crippen molar-refractivity contribution in [3.8, 4) is 0 Å². The number of guanidine groups is 1. The number of para-hydroxylation sites is 1. The SMILES string of the molecule is CC1CN(C(C)C)CC1NC(=NCC(=O)N(C)C)NCCCN(C)c1ccccc1.I. The molecule has 0 saturated carbocycles. The van der Waals surface area contributed by atoms with Crippen molar-refractivity contribution in [3.63, 3.8) is 0 Å². The van der Waals surface area contributed by atoms with Crippen LogP contribution < -0.4 is 15.5 Å². The largest absolute Gasteiger partial charge is 0.375 e. The molecule has 1 aliphatic rings. The number of nitrogens with zero attached hydrogens (tertiary/aromatic N) is 4. The number of amides is 1. The number of benzene rings is 1. The maximum absolute atomic E-state index is 12.0. The molecule has 1 fully saturated rings. The number of hydrogen-bond acceptors (Lipinski definition) is 4. The normalized spacial score (nSPS) is 19.1. The first-order valence-corrected chi connectivity index (χ1v) is 11.0. The lowest BCUT2D eigenvalue weighted by atomic mass is 10.1. The van der Waals surface area contributed by atoms with Crippen molar-refractivity contribution in [3.05, 3.63) is 30.3 Å². The Hall–Kier alpha value is -1.55. The first-order chi connectivity index (χ1) is 14.3. The molecule has 2 atom stereocenters. The number of likely N-dealkylation sites (tertiary alicyclic amines) is 1. The zero-order valence-electron chi connectivity index (χ0n) is 20.0. The molecule has 1 aliphatic heterocycles. The number of nitrogens with one attached hydrogen (secondary N) is 2. The number of carbonyl (C=O) groups is 1. The second-order valence-corrected chi connectivity index (χ2v) is 8.77. The summed E-state index contributed by atoms with van der Waals surface area (Å²) < 4.78 is 0. The number of carbonyl (C=O) groups excluding carboxylic acids is 1. The highest BCUT2D eigenvalue weighted by Crippen LogP contribution is 2.18. The van der Waals surface area contributed by atoms with Crippen molar-refractivity contribution in [2.75, 3.05) is 58.8 Å². The van der Waals surface area contributed by atoms with E-state index in [-0.39, 0.29) is 36.4 Å². The molecular formula is C23H41IN6O. The minimum atomic E-state index is 0. The highest BCUT2D eigenvalue weighted by atomic mass is 127. The number of rotatable bonds is 9. The minimum absolute atomic E-state index is 0. The molecule has 0 aliphatic carbocycles.